The van der Waals surface area contributed by atoms with Crippen LogP contribution < -0.4 is 11.0 Å². The molecule has 0 aliphatic heterocycles. The fraction of sp³-hybridized carbons (Fsp3) is 0.125. The first-order chi connectivity index (χ1) is 12.5. The number of rotatable bonds is 3. The van der Waals surface area contributed by atoms with Gasteiger partial charge >= 0.3 is 0 Å². The zero-order valence-corrected chi connectivity index (χ0v) is 14.7. The SMILES string of the molecule is Cc1cc(C(=O)Nn2c(C)nc3sccc3c2=O)ccc1-n1cnnn1. The highest BCUT2D eigenvalue weighted by Gasteiger charge is 2.14. The molecular formula is C16H13N7O2S. The van der Waals surface area contributed by atoms with E-state index in [9.17, 15) is 9.59 Å². The topological polar surface area (TPSA) is 108 Å². The lowest BCUT2D eigenvalue weighted by Crippen LogP contribution is -2.35. The number of tetrazole rings is 1. The number of benzene rings is 1. The Morgan fingerprint density at radius 1 is 1.23 bits per heavy atom. The number of nitrogens with zero attached hydrogens (tertiary/aromatic N) is 6. The number of hydrogen-bond donors (Lipinski definition) is 1. The Morgan fingerprint density at radius 3 is 2.81 bits per heavy atom. The molecule has 1 amide bonds. The van der Waals surface area contributed by atoms with E-state index in [2.05, 4.69) is 25.9 Å². The van der Waals surface area contributed by atoms with E-state index >= 15 is 0 Å². The summed E-state index contributed by atoms with van der Waals surface area (Å²) >= 11 is 1.39. The Balaban J connectivity index is 1.67. The minimum Gasteiger partial charge on any atom is -0.267 e. The molecule has 0 atom stereocenters. The Labute approximate surface area is 150 Å². The number of nitrogens with one attached hydrogen (secondary N) is 1. The Kier molecular flexibility index (Phi) is 3.81. The molecule has 0 spiro atoms. The van der Waals surface area contributed by atoms with Gasteiger partial charge in [-0.3, -0.25) is 15.0 Å². The van der Waals surface area contributed by atoms with Gasteiger partial charge in [0.1, 0.15) is 17.0 Å². The summed E-state index contributed by atoms with van der Waals surface area (Å²) < 4.78 is 2.68. The molecule has 0 unspecified atom stereocenters. The Hall–Kier alpha value is -3.40. The van der Waals surface area contributed by atoms with Crippen LogP contribution >= 0.6 is 11.3 Å². The van der Waals surface area contributed by atoms with Gasteiger partial charge in [0.05, 0.1) is 11.1 Å². The van der Waals surface area contributed by atoms with Crippen molar-refractivity contribution in [2.45, 2.75) is 13.8 Å². The van der Waals surface area contributed by atoms with Crippen molar-refractivity contribution in [2.24, 2.45) is 0 Å². The first-order valence-corrected chi connectivity index (χ1v) is 8.55. The van der Waals surface area contributed by atoms with Crippen LogP contribution in [0.5, 0.6) is 0 Å². The number of aromatic nitrogens is 6. The summed E-state index contributed by atoms with van der Waals surface area (Å²) in [6, 6.07) is 6.80. The van der Waals surface area contributed by atoms with E-state index in [1.165, 1.54) is 27.0 Å². The number of amides is 1. The molecule has 0 fully saturated rings. The molecule has 0 aliphatic carbocycles. The van der Waals surface area contributed by atoms with E-state index in [0.717, 1.165) is 11.3 Å². The minimum atomic E-state index is -0.405. The zero-order valence-electron chi connectivity index (χ0n) is 13.9. The van der Waals surface area contributed by atoms with Gasteiger partial charge in [-0.2, -0.15) is 0 Å². The molecule has 4 aromatic rings. The molecule has 9 nitrogen and oxygen atoms in total. The molecule has 10 heteroatoms. The maximum absolute atomic E-state index is 12.6. The largest absolute Gasteiger partial charge is 0.281 e. The Bertz CT molecular complexity index is 1180. The standard InChI is InChI=1S/C16H13N7O2S/c1-9-7-11(3-4-13(9)22-8-17-20-21-22)14(24)19-23-10(2)18-15-12(16(23)25)5-6-26-15/h3-8H,1-2H3,(H,19,24). The van der Waals surface area contributed by atoms with Crippen LogP contribution in [0.1, 0.15) is 21.7 Å². The Morgan fingerprint density at radius 2 is 2.08 bits per heavy atom. The van der Waals surface area contributed by atoms with E-state index in [1.807, 2.05) is 6.92 Å². The second-order valence-electron chi connectivity index (χ2n) is 5.64. The van der Waals surface area contributed by atoms with E-state index < -0.39 is 5.91 Å². The molecule has 26 heavy (non-hydrogen) atoms. The fourth-order valence-corrected chi connectivity index (χ4v) is 3.44. The second kappa shape index (κ2) is 6.15. The van der Waals surface area contributed by atoms with E-state index in [0.29, 0.717) is 21.6 Å². The molecule has 1 N–H and O–H groups in total. The van der Waals surface area contributed by atoms with Crippen molar-refractivity contribution in [3.63, 3.8) is 0 Å². The molecule has 0 bridgehead atoms. The third kappa shape index (κ3) is 2.65. The second-order valence-corrected chi connectivity index (χ2v) is 6.53. The lowest BCUT2D eigenvalue weighted by Gasteiger charge is -2.12. The van der Waals surface area contributed by atoms with Crippen molar-refractivity contribution in [1.82, 2.24) is 29.9 Å². The zero-order chi connectivity index (χ0) is 18.3. The number of hydrogen-bond acceptors (Lipinski definition) is 7. The smallest absolute Gasteiger partial charge is 0.267 e. The van der Waals surface area contributed by atoms with Gasteiger partial charge < -0.3 is 0 Å². The van der Waals surface area contributed by atoms with Crippen molar-refractivity contribution in [1.29, 1.82) is 0 Å². The molecule has 130 valence electrons. The van der Waals surface area contributed by atoms with Gasteiger partial charge in [0.25, 0.3) is 11.5 Å². The minimum absolute atomic E-state index is 0.302. The number of fused-ring (bicyclic) bond motifs is 1. The molecule has 0 saturated heterocycles. The van der Waals surface area contributed by atoms with Gasteiger partial charge in [-0.15, -0.1) is 16.4 Å². The highest BCUT2D eigenvalue weighted by Crippen LogP contribution is 2.16. The number of aryl methyl sites for hydroxylation is 2. The molecule has 3 heterocycles. The summed E-state index contributed by atoms with van der Waals surface area (Å²) in [5.41, 5.74) is 4.31. The number of carbonyl (C=O) groups excluding carboxylic acids is 1. The van der Waals surface area contributed by atoms with Crippen LogP contribution in [0.15, 0.2) is 40.8 Å². The molecule has 1 aromatic carbocycles. The van der Waals surface area contributed by atoms with Crippen molar-refractivity contribution in [3.8, 4) is 5.69 Å². The van der Waals surface area contributed by atoms with Crippen molar-refractivity contribution >= 4 is 27.5 Å². The molecule has 3 aromatic heterocycles. The maximum atomic E-state index is 12.6. The monoisotopic (exact) mass is 367 g/mol. The van der Waals surface area contributed by atoms with Crippen LogP contribution in [0.2, 0.25) is 0 Å². The van der Waals surface area contributed by atoms with Gasteiger partial charge in [-0.25, -0.2) is 14.3 Å². The van der Waals surface area contributed by atoms with Gasteiger partial charge in [-0.05, 0) is 59.5 Å². The van der Waals surface area contributed by atoms with Crippen molar-refractivity contribution in [3.05, 3.63) is 63.3 Å². The number of carbonyl (C=O) groups is 1. The third-order valence-corrected chi connectivity index (χ3v) is 4.74. The van der Waals surface area contributed by atoms with Crippen LogP contribution in [0, 0.1) is 13.8 Å². The summed E-state index contributed by atoms with van der Waals surface area (Å²) in [6.07, 6.45) is 1.48. The normalized spacial score (nSPS) is 11.0. The lowest BCUT2D eigenvalue weighted by atomic mass is 10.1. The van der Waals surface area contributed by atoms with E-state index in [1.54, 1.807) is 36.6 Å². The summed E-state index contributed by atoms with van der Waals surface area (Å²) in [7, 11) is 0. The summed E-state index contributed by atoms with van der Waals surface area (Å²) in [5, 5.41) is 13.3. The van der Waals surface area contributed by atoms with Crippen LogP contribution in [-0.4, -0.2) is 35.8 Å². The van der Waals surface area contributed by atoms with Gasteiger partial charge in [0.15, 0.2) is 0 Å². The summed E-state index contributed by atoms with van der Waals surface area (Å²) in [6.45, 7) is 3.52. The predicted octanol–water partition coefficient (Wildman–Crippen LogP) is 1.43. The molecular weight excluding hydrogens is 354 g/mol. The third-order valence-electron chi connectivity index (χ3n) is 3.93. The first-order valence-electron chi connectivity index (χ1n) is 7.67. The highest BCUT2D eigenvalue weighted by molar-refractivity contribution is 7.16. The molecule has 4 rings (SSSR count). The fourth-order valence-electron chi connectivity index (χ4n) is 2.64. The van der Waals surface area contributed by atoms with Crippen molar-refractivity contribution in [2.75, 3.05) is 5.43 Å². The van der Waals surface area contributed by atoms with Gasteiger partial charge in [-0.1, -0.05) is 0 Å². The quantitative estimate of drug-likeness (QED) is 0.587. The van der Waals surface area contributed by atoms with Crippen molar-refractivity contribution < 1.29 is 4.79 Å². The van der Waals surface area contributed by atoms with E-state index in [4.69, 9.17) is 0 Å². The van der Waals surface area contributed by atoms with Crippen LogP contribution in [0.3, 0.4) is 0 Å². The first kappa shape index (κ1) is 16.1. The average molecular weight is 367 g/mol. The van der Waals surface area contributed by atoms with E-state index in [-0.39, 0.29) is 5.56 Å². The molecule has 0 radical (unpaired) electrons. The van der Waals surface area contributed by atoms with Crippen LogP contribution in [0.25, 0.3) is 15.9 Å². The van der Waals surface area contributed by atoms with Gasteiger partial charge in [0, 0.05) is 5.56 Å². The molecule has 0 saturated carbocycles. The maximum Gasteiger partial charge on any atom is 0.281 e. The summed E-state index contributed by atoms with van der Waals surface area (Å²) in [4.78, 5) is 30.1. The highest BCUT2D eigenvalue weighted by atomic mass is 32.1. The van der Waals surface area contributed by atoms with Gasteiger partial charge in [0.2, 0.25) is 0 Å². The average Bonchev–Trinajstić information content (AvgIpc) is 3.29. The number of thiophene rings is 1. The van der Waals surface area contributed by atoms with Crippen LogP contribution in [0.4, 0.5) is 0 Å². The molecule has 0 aliphatic rings. The summed E-state index contributed by atoms with van der Waals surface area (Å²) in [5.74, 6) is 0.0123. The lowest BCUT2D eigenvalue weighted by molar-refractivity contribution is 0.101. The van der Waals surface area contributed by atoms with Crippen LogP contribution in [-0.2, 0) is 0 Å². The predicted molar refractivity (Wildman–Crippen MR) is 96.2 cm³/mol.